The molecule has 1 aromatic rings. The molecule has 0 aromatic heterocycles. The number of halogens is 2. The smallest absolute Gasteiger partial charge is 0.348 e. The molecule has 0 atom stereocenters. The van der Waals surface area contributed by atoms with Gasteiger partial charge >= 0.3 is 5.97 Å². The van der Waals surface area contributed by atoms with Crippen LogP contribution in [-0.4, -0.2) is 13.1 Å². The topological polar surface area (TPSA) is 50.1 Å². The van der Waals surface area contributed by atoms with E-state index < -0.39 is 17.6 Å². The molecular weight excluding hydrogens is 216 g/mol. The minimum atomic E-state index is -0.869. The summed E-state index contributed by atoms with van der Waals surface area (Å²) in [6.07, 6.45) is 1.00. The number of esters is 1. The number of hydrogen-bond acceptors (Lipinski definition) is 3. The van der Waals surface area contributed by atoms with Crippen LogP contribution in [0.1, 0.15) is 5.56 Å². The van der Waals surface area contributed by atoms with Crippen LogP contribution in [0.4, 0.5) is 8.78 Å². The maximum atomic E-state index is 13.2. The molecule has 0 aliphatic rings. The third kappa shape index (κ3) is 2.64. The predicted molar refractivity (Wildman–Crippen MR) is 52.0 cm³/mol. The average molecular weight is 223 g/mol. The fourth-order valence-electron chi connectivity index (χ4n) is 1.02. The highest BCUT2D eigenvalue weighted by Gasteiger charge is 2.10. The van der Waals surface area contributed by atoms with E-state index in [0.717, 1.165) is 25.3 Å². The summed E-state index contributed by atoms with van der Waals surface area (Å²) in [6, 6.07) is 4.39. The van der Waals surface area contributed by atoms with Crippen LogP contribution >= 0.6 is 0 Å². The van der Waals surface area contributed by atoms with E-state index >= 15 is 0 Å². The molecule has 0 unspecified atom stereocenters. The first kappa shape index (κ1) is 11.9. The van der Waals surface area contributed by atoms with E-state index in [9.17, 15) is 13.6 Å². The fourth-order valence-corrected chi connectivity index (χ4v) is 1.02. The lowest BCUT2D eigenvalue weighted by Crippen LogP contribution is -2.02. The zero-order valence-corrected chi connectivity index (χ0v) is 8.33. The fraction of sp³-hybridized carbons (Fsp3) is 0.0909. The average Bonchev–Trinajstić information content (AvgIpc) is 2.27. The van der Waals surface area contributed by atoms with Crippen LogP contribution in [0, 0.1) is 23.0 Å². The highest BCUT2D eigenvalue weighted by atomic mass is 19.1. The second-order valence-corrected chi connectivity index (χ2v) is 2.83. The zero-order chi connectivity index (χ0) is 12.1. The molecule has 0 aliphatic heterocycles. The highest BCUT2D eigenvalue weighted by molar-refractivity contribution is 5.97. The largest absolute Gasteiger partial charge is 0.465 e. The number of nitriles is 1. The first-order valence-electron chi connectivity index (χ1n) is 4.23. The van der Waals surface area contributed by atoms with Gasteiger partial charge in [-0.05, 0) is 18.2 Å². The summed E-state index contributed by atoms with van der Waals surface area (Å²) in [5.74, 6) is -2.45. The summed E-state index contributed by atoms with van der Waals surface area (Å²) < 4.78 is 30.1. The molecule has 0 N–H and O–H groups in total. The number of rotatable bonds is 2. The quantitative estimate of drug-likeness (QED) is 0.438. The molecule has 0 aliphatic carbocycles. The van der Waals surface area contributed by atoms with Crippen molar-refractivity contribution in [2.24, 2.45) is 0 Å². The maximum Gasteiger partial charge on any atom is 0.348 e. The number of carbonyl (C=O) groups is 1. The van der Waals surface area contributed by atoms with Gasteiger partial charge in [0.15, 0.2) is 0 Å². The summed E-state index contributed by atoms with van der Waals surface area (Å²) in [5, 5.41) is 8.62. The van der Waals surface area contributed by atoms with E-state index in [2.05, 4.69) is 4.74 Å². The molecule has 0 spiro atoms. The molecule has 5 heteroatoms. The summed E-state index contributed by atoms with van der Waals surface area (Å²) >= 11 is 0. The minimum Gasteiger partial charge on any atom is -0.465 e. The molecule has 0 saturated carbocycles. The molecule has 0 saturated heterocycles. The van der Waals surface area contributed by atoms with Gasteiger partial charge in [0.1, 0.15) is 23.3 Å². The Morgan fingerprint density at radius 3 is 2.69 bits per heavy atom. The van der Waals surface area contributed by atoms with E-state index in [1.165, 1.54) is 0 Å². The van der Waals surface area contributed by atoms with Crippen molar-refractivity contribution in [2.75, 3.05) is 7.11 Å². The van der Waals surface area contributed by atoms with Gasteiger partial charge < -0.3 is 4.74 Å². The normalized spacial score (nSPS) is 10.8. The summed E-state index contributed by atoms with van der Waals surface area (Å²) in [4.78, 5) is 11.0. The molecule has 3 nitrogen and oxygen atoms in total. The lowest BCUT2D eigenvalue weighted by Gasteiger charge is -1.99. The Kier molecular flexibility index (Phi) is 3.72. The number of ether oxygens (including phenoxy) is 1. The van der Waals surface area contributed by atoms with Gasteiger partial charge in [0.05, 0.1) is 7.11 Å². The molecule has 1 rings (SSSR count). The third-order valence-corrected chi connectivity index (χ3v) is 1.79. The van der Waals surface area contributed by atoms with Gasteiger partial charge in [-0.2, -0.15) is 5.26 Å². The maximum absolute atomic E-state index is 13.2. The van der Waals surface area contributed by atoms with E-state index in [0.29, 0.717) is 6.07 Å². The van der Waals surface area contributed by atoms with Gasteiger partial charge in [-0.1, -0.05) is 0 Å². The second kappa shape index (κ2) is 5.03. The van der Waals surface area contributed by atoms with Crippen molar-refractivity contribution in [3.05, 3.63) is 41.0 Å². The first-order chi connectivity index (χ1) is 7.58. The van der Waals surface area contributed by atoms with E-state index in [1.807, 2.05) is 0 Å². The van der Waals surface area contributed by atoms with Crippen LogP contribution in [0.3, 0.4) is 0 Å². The number of methoxy groups -OCH3 is 1. The van der Waals surface area contributed by atoms with E-state index in [-0.39, 0.29) is 11.1 Å². The third-order valence-electron chi connectivity index (χ3n) is 1.79. The van der Waals surface area contributed by atoms with Crippen molar-refractivity contribution < 1.29 is 18.3 Å². The molecule has 16 heavy (non-hydrogen) atoms. The lowest BCUT2D eigenvalue weighted by atomic mass is 10.1. The molecule has 0 heterocycles. The van der Waals surface area contributed by atoms with E-state index in [1.54, 1.807) is 6.07 Å². The van der Waals surface area contributed by atoms with Crippen molar-refractivity contribution in [3.8, 4) is 6.07 Å². The number of nitrogens with zero attached hydrogens (tertiary/aromatic N) is 1. The Bertz CT molecular complexity index is 489. The molecule has 82 valence electrons. The van der Waals surface area contributed by atoms with Crippen LogP contribution in [0.2, 0.25) is 0 Å². The molecule has 1 aromatic carbocycles. The van der Waals surface area contributed by atoms with Gasteiger partial charge in [-0.25, -0.2) is 13.6 Å². The van der Waals surface area contributed by atoms with Crippen LogP contribution in [0.25, 0.3) is 6.08 Å². The van der Waals surface area contributed by atoms with Crippen LogP contribution in [-0.2, 0) is 9.53 Å². The monoisotopic (exact) mass is 223 g/mol. The van der Waals surface area contributed by atoms with Crippen LogP contribution in [0.5, 0.6) is 0 Å². The lowest BCUT2D eigenvalue weighted by molar-refractivity contribution is -0.135. The standard InChI is InChI=1S/C11H7F2NO2/c1-16-11(15)8(6-14)4-7-2-3-9(12)5-10(7)13/h2-5H,1H3. The number of hydrogen-bond donors (Lipinski definition) is 0. The Labute approximate surface area is 90.6 Å². The van der Waals surface area contributed by atoms with Gasteiger partial charge in [-0.3, -0.25) is 0 Å². The van der Waals surface area contributed by atoms with Crippen molar-refractivity contribution in [3.63, 3.8) is 0 Å². The summed E-state index contributed by atoms with van der Waals surface area (Å²) in [5.41, 5.74) is -0.406. The van der Waals surface area contributed by atoms with E-state index in [4.69, 9.17) is 5.26 Å². The molecular formula is C11H7F2NO2. The Hall–Kier alpha value is -2.22. The SMILES string of the molecule is COC(=O)C(C#N)=Cc1ccc(F)cc1F. The summed E-state index contributed by atoms with van der Waals surface area (Å²) in [7, 11) is 1.11. The molecule has 0 bridgehead atoms. The highest BCUT2D eigenvalue weighted by Crippen LogP contribution is 2.13. The van der Waals surface area contributed by atoms with Crippen molar-refractivity contribution in [1.29, 1.82) is 5.26 Å². The Morgan fingerprint density at radius 1 is 1.50 bits per heavy atom. The van der Waals surface area contributed by atoms with Crippen molar-refractivity contribution in [1.82, 2.24) is 0 Å². The van der Waals surface area contributed by atoms with Gasteiger partial charge in [0, 0.05) is 11.6 Å². The van der Waals surface area contributed by atoms with Gasteiger partial charge in [-0.15, -0.1) is 0 Å². The number of benzene rings is 1. The molecule has 0 fully saturated rings. The van der Waals surface area contributed by atoms with Crippen molar-refractivity contribution >= 4 is 12.0 Å². The molecule has 0 amide bonds. The predicted octanol–water partition coefficient (Wildman–Crippen LogP) is 2.04. The Balaban J connectivity index is 3.15. The number of carbonyl (C=O) groups excluding carboxylic acids is 1. The first-order valence-corrected chi connectivity index (χ1v) is 4.23. The van der Waals surface area contributed by atoms with Crippen LogP contribution < -0.4 is 0 Å². The minimum absolute atomic E-state index is 0.0525. The van der Waals surface area contributed by atoms with Gasteiger partial charge in [0.25, 0.3) is 0 Å². The molecule has 0 radical (unpaired) electrons. The van der Waals surface area contributed by atoms with Crippen molar-refractivity contribution in [2.45, 2.75) is 0 Å². The van der Waals surface area contributed by atoms with Gasteiger partial charge in [0.2, 0.25) is 0 Å². The second-order valence-electron chi connectivity index (χ2n) is 2.83. The summed E-state index contributed by atoms with van der Waals surface area (Å²) in [6.45, 7) is 0. The Morgan fingerprint density at radius 2 is 2.19 bits per heavy atom. The zero-order valence-electron chi connectivity index (χ0n) is 8.33. The van der Waals surface area contributed by atoms with Crippen LogP contribution in [0.15, 0.2) is 23.8 Å².